The SMILES string of the molecule is CC(C)C(=O)/C=C/CN1CC(F)(F)C(F)(F)C1. The summed E-state index contributed by atoms with van der Waals surface area (Å²) in [5.74, 6) is -8.30. The van der Waals surface area contributed by atoms with Crippen molar-refractivity contribution in [1.82, 2.24) is 4.90 Å². The van der Waals surface area contributed by atoms with E-state index in [1.165, 1.54) is 12.2 Å². The van der Waals surface area contributed by atoms with E-state index >= 15 is 0 Å². The molecule has 0 aromatic carbocycles. The number of alkyl halides is 4. The quantitative estimate of drug-likeness (QED) is 0.566. The number of hydrogen-bond donors (Lipinski definition) is 0. The molecule has 1 heterocycles. The lowest BCUT2D eigenvalue weighted by molar-refractivity contribution is -0.172. The van der Waals surface area contributed by atoms with Gasteiger partial charge in [0.05, 0.1) is 13.1 Å². The second-order valence-corrected chi connectivity index (χ2v) is 4.54. The number of carbonyl (C=O) groups excluding carboxylic acids is 1. The van der Waals surface area contributed by atoms with E-state index in [1.54, 1.807) is 13.8 Å². The van der Waals surface area contributed by atoms with Crippen molar-refractivity contribution in [3.63, 3.8) is 0 Å². The zero-order valence-electron chi connectivity index (χ0n) is 9.72. The maximum absolute atomic E-state index is 12.8. The number of allylic oxidation sites excluding steroid dienone is 1. The minimum atomic E-state index is -3.98. The first-order valence-corrected chi connectivity index (χ1v) is 5.34. The van der Waals surface area contributed by atoms with Gasteiger partial charge in [-0.05, 0) is 6.08 Å². The van der Waals surface area contributed by atoms with Gasteiger partial charge in [0.15, 0.2) is 5.78 Å². The first-order chi connectivity index (χ1) is 7.66. The fourth-order valence-electron chi connectivity index (χ4n) is 1.49. The van der Waals surface area contributed by atoms with Gasteiger partial charge in [-0.25, -0.2) is 0 Å². The Morgan fingerprint density at radius 1 is 1.24 bits per heavy atom. The molecule has 0 amide bonds. The third-order valence-electron chi connectivity index (χ3n) is 2.59. The third-order valence-corrected chi connectivity index (χ3v) is 2.59. The zero-order chi connectivity index (χ0) is 13.3. The molecule has 1 fully saturated rings. The second kappa shape index (κ2) is 4.76. The van der Waals surface area contributed by atoms with Crippen molar-refractivity contribution in [3.8, 4) is 0 Å². The van der Waals surface area contributed by atoms with Crippen LogP contribution in [0.25, 0.3) is 0 Å². The average molecular weight is 253 g/mol. The van der Waals surface area contributed by atoms with E-state index in [9.17, 15) is 22.4 Å². The van der Waals surface area contributed by atoms with Crippen molar-refractivity contribution >= 4 is 5.78 Å². The van der Waals surface area contributed by atoms with Crippen LogP contribution in [0.4, 0.5) is 17.6 Å². The molecular weight excluding hydrogens is 238 g/mol. The zero-order valence-corrected chi connectivity index (χ0v) is 9.72. The summed E-state index contributed by atoms with van der Waals surface area (Å²) in [6.07, 6.45) is 2.60. The predicted octanol–water partition coefficient (Wildman–Crippen LogP) is 2.35. The van der Waals surface area contributed by atoms with Crippen LogP contribution in [0.5, 0.6) is 0 Å². The molecule has 0 N–H and O–H groups in total. The summed E-state index contributed by atoms with van der Waals surface area (Å²) in [5.41, 5.74) is 0. The smallest absolute Gasteiger partial charge is 0.295 e. The van der Waals surface area contributed by atoms with Crippen molar-refractivity contribution in [1.29, 1.82) is 0 Å². The van der Waals surface area contributed by atoms with Crippen molar-refractivity contribution in [2.24, 2.45) is 5.92 Å². The van der Waals surface area contributed by atoms with Crippen molar-refractivity contribution < 1.29 is 22.4 Å². The highest BCUT2D eigenvalue weighted by atomic mass is 19.3. The lowest BCUT2D eigenvalue weighted by Crippen LogP contribution is -2.38. The summed E-state index contributed by atoms with van der Waals surface area (Å²) >= 11 is 0. The van der Waals surface area contributed by atoms with Crippen LogP contribution in [-0.4, -0.2) is 42.2 Å². The maximum Gasteiger partial charge on any atom is 0.323 e. The van der Waals surface area contributed by atoms with E-state index in [4.69, 9.17) is 0 Å². The fourth-order valence-corrected chi connectivity index (χ4v) is 1.49. The normalized spacial score (nSPS) is 23.7. The number of rotatable bonds is 4. The molecule has 17 heavy (non-hydrogen) atoms. The summed E-state index contributed by atoms with van der Waals surface area (Å²) in [5, 5.41) is 0. The second-order valence-electron chi connectivity index (χ2n) is 4.54. The summed E-state index contributed by atoms with van der Waals surface area (Å²) in [4.78, 5) is 12.1. The van der Waals surface area contributed by atoms with Gasteiger partial charge in [-0.2, -0.15) is 17.6 Å². The van der Waals surface area contributed by atoms with Gasteiger partial charge in [-0.15, -0.1) is 0 Å². The van der Waals surface area contributed by atoms with Gasteiger partial charge < -0.3 is 0 Å². The molecule has 0 bridgehead atoms. The Morgan fingerprint density at radius 2 is 1.71 bits per heavy atom. The Labute approximate surface area is 97.3 Å². The Kier molecular flexibility index (Phi) is 3.96. The molecule has 0 saturated carbocycles. The van der Waals surface area contributed by atoms with E-state index < -0.39 is 24.9 Å². The largest absolute Gasteiger partial charge is 0.323 e. The highest BCUT2D eigenvalue weighted by Crippen LogP contribution is 2.40. The molecule has 0 unspecified atom stereocenters. The van der Waals surface area contributed by atoms with E-state index in [1.807, 2.05) is 0 Å². The van der Waals surface area contributed by atoms with Crippen LogP contribution in [0.15, 0.2) is 12.2 Å². The Bertz CT molecular complexity index is 309. The van der Waals surface area contributed by atoms with Crippen molar-refractivity contribution in [2.75, 3.05) is 19.6 Å². The first-order valence-electron chi connectivity index (χ1n) is 5.34. The van der Waals surface area contributed by atoms with E-state index in [-0.39, 0.29) is 18.2 Å². The first kappa shape index (κ1) is 14.2. The molecule has 0 radical (unpaired) electrons. The maximum atomic E-state index is 12.8. The van der Waals surface area contributed by atoms with Crippen LogP contribution >= 0.6 is 0 Å². The van der Waals surface area contributed by atoms with Gasteiger partial charge in [-0.3, -0.25) is 9.69 Å². The number of ketones is 1. The molecule has 1 rings (SSSR count). The summed E-state index contributed by atoms with van der Waals surface area (Å²) in [6, 6.07) is 0. The highest BCUT2D eigenvalue weighted by Gasteiger charge is 2.62. The minimum Gasteiger partial charge on any atom is -0.295 e. The number of hydrogen-bond acceptors (Lipinski definition) is 2. The number of nitrogens with zero attached hydrogens (tertiary/aromatic N) is 1. The van der Waals surface area contributed by atoms with Gasteiger partial charge in [0.2, 0.25) is 0 Å². The van der Waals surface area contributed by atoms with Gasteiger partial charge in [0.25, 0.3) is 0 Å². The van der Waals surface area contributed by atoms with Crippen LogP contribution < -0.4 is 0 Å². The van der Waals surface area contributed by atoms with Gasteiger partial charge in [-0.1, -0.05) is 19.9 Å². The molecule has 1 aliphatic rings. The van der Waals surface area contributed by atoms with Crippen LogP contribution in [0.3, 0.4) is 0 Å². The molecule has 6 heteroatoms. The molecule has 0 spiro atoms. The molecular formula is C11H15F4NO. The molecule has 98 valence electrons. The average Bonchev–Trinajstić information content (AvgIpc) is 2.34. The van der Waals surface area contributed by atoms with Gasteiger partial charge >= 0.3 is 11.8 Å². The fraction of sp³-hybridized carbons (Fsp3) is 0.727. The van der Waals surface area contributed by atoms with Gasteiger partial charge in [0, 0.05) is 12.5 Å². The molecule has 0 atom stereocenters. The van der Waals surface area contributed by atoms with E-state index in [2.05, 4.69) is 0 Å². The van der Waals surface area contributed by atoms with E-state index in [0.717, 1.165) is 4.90 Å². The van der Waals surface area contributed by atoms with Crippen LogP contribution in [0.2, 0.25) is 0 Å². The standard InChI is InChI=1S/C11H15F4NO/c1-8(2)9(17)4-3-5-16-6-10(12,13)11(14,15)7-16/h3-4,8H,5-7H2,1-2H3/b4-3+. The lowest BCUT2D eigenvalue weighted by atomic mass is 10.1. The molecule has 0 aromatic heterocycles. The number of carbonyl (C=O) groups is 1. The summed E-state index contributed by atoms with van der Waals surface area (Å²) < 4.78 is 51.2. The summed E-state index contributed by atoms with van der Waals surface area (Å²) in [7, 11) is 0. The minimum absolute atomic E-state index is 0.0658. The highest BCUT2D eigenvalue weighted by molar-refractivity contribution is 5.91. The molecule has 2 nitrogen and oxygen atoms in total. The van der Waals surface area contributed by atoms with Crippen molar-refractivity contribution in [3.05, 3.63) is 12.2 Å². The molecule has 0 aromatic rings. The van der Waals surface area contributed by atoms with E-state index in [0.29, 0.717) is 0 Å². The monoisotopic (exact) mass is 253 g/mol. The Morgan fingerprint density at radius 3 is 2.12 bits per heavy atom. The lowest BCUT2D eigenvalue weighted by Gasteiger charge is -2.15. The number of likely N-dealkylation sites (tertiary alicyclic amines) is 1. The van der Waals surface area contributed by atoms with Crippen LogP contribution in [-0.2, 0) is 4.79 Å². The Balaban J connectivity index is 2.49. The molecule has 0 aliphatic carbocycles. The molecule has 1 aliphatic heterocycles. The molecule has 1 saturated heterocycles. The third kappa shape index (κ3) is 3.28. The summed E-state index contributed by atoms with van der Waals surface area (Å²) in [6.45, 7) is 1.39. The van der Waals surface area contributed by atoms with Crippen molar-refractivity contribution in [2.45, 2.75) is 25.7 Å². The van der Waals surface area contributed by atoms with Crippen LogP contribution in [0, 0.1) is 5.92 Å². The predicted molar refractivity (Wildman–Crippen MR) is 55.3 cm³/mol. The van der Waals surface area contributed by atoms with Crippen LogP contribution in [0.1, 0.15) is 13.8 Å². The Hall–Kier alpha value is -0.910. The number of halogens is 4. The van der Waals surface area contributed by atoms with Gasteiger partial charge in [0.1, 0.15) is 0 Å². The topological polar surface area (TPSA) is 20.3 Å².